The van der Waals surface area contributed by atoms with E-state index in [0.29, 0.717) is 38.5 Å². The molecule has 162 valence electrons. The number of aromatic nitrogens is 1. The van der Waals surface area contributed by atoms with Crippen molar-refractivity contribution in [1.82, 2.24) is 15.2 Å². The van der Waals surface area contributed by atoms with Crippen LogP contribution in [0, 0.1) is 6.92 Å². The van der Waals surface area contributed by atoms with Crippen molar-refractivity contribution in [3.8, 4) is 0 Å². The number of alkyl halides is 3. The third-order valence-electron chi connectivity index (χ3n) is 5.36. The normalized spacial score (nSPS) is 16.4. The van der Waals surface area contributed by atoms with Crippen molar-refractivity contribution in [2.75, 3.05) is 37.6 Å². The van der Waals surface area contributed by atoms with E-state index < -0.39 is 11.7 Å². The Morgan fingerprint density at radius 1 is 1.10 bits per heavy atom. The fraction of sp³-hybridized carbons (Fsp3) is 0.455. The van der Waals surface area contributed by atoms with Crippen LogP contribution in [0.4, 0.5) is 19.0 Å². The Morgan fingerprint density at radius 3 is 2.30 bits per heavy atom. The van der Waals surface area contributed by atoms with Crippen molar-refractivity contribution in [2.24, 2.45) is 0 Å². The number of hydrogen-bond donors (Lipinski definition) is 1. The number of anilines is 1. The SMILES string of the molecule is CC[C@@H](NC(=O)CN1CCN(c2ccc(C(F)(F)F)cn2)CC1)c1ccc(C)cc1. The van der Waals surface area contributed by atoms with E-state index in [0.717, 1.165) is 24.2 Å². The van der Waals surface area contributed by atoms with E-state index in [-0.39, 0.29) is 11.9 Å². The second-order valence-electron chi connectivity index (χ2n) is 7.61. The van der Waals surface area contributed by atoms with Gasteiger partial charge in [-0.25, -0.2) is 4.98 Å². The molecule has 1 aliphatic rings. The van der Waals surface area contributed by atoms with Crippen LogP contribution < -0.4 is 10.2 Å². The number of hydrogen-bond acceptors (Lipinski definition) is 4. The summed E-state index contributed by atoms with van der Waals surface area (Å²) in [5.41, 5.74) is 1.52. The van der Waals surface area contributed by atoms with Crippen LogP contribution in [0.1, 0.15) is 36.1 Å². The fourth-order valence-electron chi connectivity index (χ4n) is 3.54. The highest BCUT2D eigenvalue weighted by molar-refractivity contribution is 5.78. The number of benzene rings is 1. The number of piperazine rings is 1. The molecular formula is C22H27F3N4O. The van der Waals surface area contributed by atoms with Crippen LogP contribution in [0.2, 0.25) is 0 Å². The first kappa shape index (κ1) is 22.1. The molecule has 1 N–H and O–H groups in total. The molecule has 8 heteroatoms. The smallest absolute Gasteiger partial charge is 0.354 e. The molecule has 0 unspecified atom stereocenters. The predicted octanol–water partition coefficient (Wildman–Crippen LogP) is 3.80. The molecule has 1 amide bonds. The number of halogens is 3. The molecule has 3 rings (SSSR count). The van der Waals surface area contributed by atoms with Crippen LogP contribution in [0.15, 0.2) is 42.6 Å². The zero-order valence-corrected chi connectivity index (χ0v) is 17.2. The first-order valence-corrected chi connectivity index (χ1v) is 10.1. The van der Waals surface area contributed by atoms with Gasteiger partial charge in [-0.05, 0) is 31.0 Å². The molecule has 0 bridgehead atoms. The summed E-state index contributed by atoms with van der Waals surface area (Å²) in [5, 5.41) is 3.10. The van der Waals surface area contributed by atoms with Gasteiger partial charge >= 0.3 is 6.18 Å². The third kappa shape index (κ3) is 5.72. The Morgan fingerprint density at radius 2 is 1.77 bits per heavy atom. The lowest BCUT2D eigenvalue weighted by Crippen LogP contribution is -2.50. The molecule has 2 aromatic rings. The van der Waals surface area contributed by atoms with Crippen molar-refractivity contribution < 1.29 is 18.0 Å². The highest BCUT2D eigenvalue weighted by Gasteiger charge is 2.31. The molecule has 1 saturated heterocycles. The second-order valence-corrected chi connectivity index (χ2v) is 7.61. The summed E-state index contributed by atoms with van der Waals surface area (Å²) in [6, 6.07) is 10.6. The minimum absolute atomic E-state index is 0.0178. The van der Waals surface area contributed by atoms with E-state index in [1.807, 2.05) is 43.0 Å². The van der Waals surface area contributed by atoms with Crippen molar-refractivity contribution >= 4 is 11.7 Å². The number of aryl methyl sites for hydroxylation is 1. The molecule has 0 spiro atoms. The number of pyridine rings is 1. The molecule has 0 radical (unpaired) electrons. The van der Waals surface area contributed by atoms with Gasteiger partial charge in [0, 0.05) is 32.4 Å². The highest BCUT2D eigenvalue weighted by atomic mass is 19.4. The Labute approximate surface area is 174 Å². The largest absolute Gasteiger partial charge is 0.417 e. The van der Waals surface area contributed by atoms with Gasteiger partial charge in [-0.3, -0.25) is 9.69 Å². The summed E-state index contributed by atoms with van der Waals surface area (Å²) in [7, 11) is 0. The molecule has 1 aromatic carbocycles. The van der Waals surface area contributed by atoms with Crippen LogP contribution in [0.25, 0.3) is 0 Å². The summed E-state index contributed by atoms with van der Waals surface area (Å²) in [6.45, 7) is 6.90. The van der Waals surface area contributed by atoms with Gasteiger partial charge < -0.3 is 10.2 Å². The van der Waals surface area contributed by atoms with E-state index in [9.17, 15) is 18.0 Å². The maximum absolute atomic E-state index is 12.7. The van der Waals surface area contributed by atoms with Gasteiger partial charge in [0.25, 0.3) is 0 Å². The lowest BCUT2D eigenvalue weighted by molar-refractivity contribution is -0.137. The lowest BCUT2D eigenvalue weighted by atomic mass is 10.0. The van der Waals surface area contributed by atoms with Crippen molar-refractivity contribution in [1.29, 1.82) is 0 Å². The van der Waals surface area contributed by atoms with Crippen molar-refractivity contribution in [3.63, 3.8) is 0 Å². The Balaban J connectivity index is 1.49. The third-order valence-corrected chi connectivity index (χ3v) is 5.36. The Kier molecular flexibility index (Phi) is 6.97. The van der Waals surface area contributed by atoms with Gasteiger partial charge in [-0.1, -0.05) is 36.8 Å². The van der Waals surface area contributed by atoms with Crippen LogP contribution in [0.5, 0.6) is 0 Å². The summed E-state index contributed by atoms with van der Waals surface area (Å²) in [4.78, 5) is 20.5. The summed E-state index contributed by atoms with van der Waals surface area (Å²) in [5.74, 6) is 0.501. The molecule has 1 aromatic heterocycles. The van der Waals surface area contributed by atoms with E-state index in [1.54, 1.807) is 0 Å². The standard InChI is InChI=1S/C22H27F3N4O/c1-3-19(17-6-4-16(2)5-7-17)27-21(30)15-28-10-12-29(13-11-28)20-9-8-18(14-26-20)22(23,24)25/h4-9,14,19H,3,10-13,15H2,1-2H3,(H,27,30)/t19-/m1/s1. The van der Waals surface area contributed by atoms with Crippen LogP contribution in [-0.2, 0) is 11.0 Å². The van der Waals surface area contributed by atoms with Gasteiger partial charge in [0.1, 0.15) is 5.82 Å². The lowest BCUT2D eigenvalue weighted by Gasteiger charge is -2.35. The number of rotatable bonds is 6. The summed E-state index contributed by atoms with van der Waals surface area (Å²) >= 11 is 0. The van der Waals surface area contributed by atoms with Crippen LogP contribution in [0.3, 0.4) is 0 Å². The predicted molar refractivity (Wildman–Crippen MR) is 110 cm³/mol. The zero-order chi connectivity index (χ0) is 21.7. The highest BCUT2D eigenvalue weighted by Crippen LogP contribution is 2.29. The number of carbonyl (C=O) groups excluding carboxylic acids is 1. The van der Waals surface area contributed by atoms with Gasteiger partial charge in [0.15, 0.2) is 0 Å². The van der Waals surface area contributed by atoms with Gasteiger partial charge in [0.05, 0.1) is 18.2 Å². The molecule has 1 aliphatic heterocycles. The molecule has 1 atom stereocenters. The van der Waals surface area contributed by atoms with Crippen molar-refractivity contribution in [3.05, 3.63) is 59.3 Å². The molecule has 0 saturated carbocycles. The van der Waals surface area contributed by atoms with E-state index in [2.05, 4.69) is 15.2 Å². The molecule has 5 nitrogen and oxygen atoms in total. The zero-order valence-electron chi connectivity index (χ0n) is 17.2. The number of carbonyl (C=O) groups is 1. The van der Waals surface area contributed by atoms with E-state index >= 15 is 0 Å². The minimum Gasteiger partial charge on any atom is -0.354 e. The molecule has 2 heterocycles. The van der Waals surface area contributed by atoms with Crippen LogP contribution in [-0.4, -0.2) is 48.5 Å². The first-order chi connectivity index (χ1) is 14.3. The maximum Gasteiger partial charge on any atom is 0.417 e. The Hall–Kier alpha value is -2.61. The number of amides is 1. The van der Waals surface area contributed by atoms with Gasteiger partial charge in [0.2, 0.25) is 5.91 Å². The van der Waals surface area contributed by atoms with E-state index in [1.165, 1.54) is 11.6 Å². The topological polar surface area (TPSA) is 48.5 Å². The maximum atomic E-state index is 12.7. The number of nitrogens with zero attached hydrogens (tertiary/aromatic N) is 3. The average molecular weight is 420 g/mol. The summed E-state index contributed by atoms with van der Waals surface area (Å²) < 4.78 is 38.0. The molecule has 30 heavy (non-hydrogen) atoms. The van der Waals surface area contributed by atoms with Crippen LogP contribution >= 0.6 is 0 Å². The quantitative estimate of drug-likeness (QED) is 0.772. The minimum atomic E-state index is -4.38. The van der Waals surface area contributed by atoms with Crippen molar-refractivity contribution in [2.45, 2.75) is 32.5 Å². The first-order valence-electron chi connectivity index (χ1n) is 10.1. The molecule has 1 fully saturated rings. The van der Waals surface area contributed by atoms with Gasteiger partial charge in [-0.15, -0.1) is 0 Å². The monoisotopic (exact) mass is 420 g/mol. The fourth-order valence-corrected chi connectivity index (χ4v) is 3.54. The van der Waals surface area contributed by atoms with Gasteiger partial charge in [-0.2, -0.15) is 13.2 Å². The second kappa shape index (κ2) is 9.47. The van der Waals surface area contributed by atoms with E-state index in [4.69, 9.17) is 0 Å². The Bertz CT molecular complexity index is 829. The average Bonchev–Trinajstić information content (AvgIpc) is 2.73. The molecule has 0 aliphatic carbocycles. The molecular weight excluding hydrogens is 393 g/mol. The number of nitrogens with one attached hydrogen (secondary N) is 1. The summed E-state index contributed by atoms with van der Waals surface area (Å²) in [6.07, 6.45) is -2.71.